The Morgan fingerprint density at radius 1 is 1.30 bits per heavy atom. The first-order valence-corrected chi connectivity index (χ1v) is 7.57. The summed E-state index contributed by atoms with van der Waals surface area (Å²) in [5, 5.41) is 13.0. The number of nitrogens with zero attached hydrogens (tertiary/aromatic N) is 1. The molecule has 0 bridgehead atoms. The Bertz CT molecular complexity index is 521. The maximum atomic E-state index is 11.4. The SMILES string of the molecule is O=C(O)c1c(Cl)cccc1NC1CCN2CCCCC12. The van der Waals surface area contributed by atoms with Crippen molar-refractivity contribution in [3.63, 3.8) is 0 Å². The van der Waals surface area contributed by atoms with Crippen molar-refractivity contribution in [3.8, 4) is 0 Å². The number of halogens is 1. The van der Waals surface area contributed by atoms with Gasteiger partial charge in [0.15, 0.2) is 0 Å². The molecule has 3 rings (SSSR count). The largest absolute Gasteiger partial charge is 0.478 e. The van der Waals surface area contributed by atoms with E-state index in [1.807, 2.05) is 0 Å². The lowest BCUT2D eigenvalue weighted by Gasteiger charge is -2.33. The lowest BCUT2D eigenvalue weighted by molar-refractivity contribution is 0.0698. The van der Waals surface area contributed by atoms with Crippen LogP contribution >= 0.6 is 11.6 Å². The number of hydrogen-bond acceptors (Lipinski definition) is 3. The first-order valence-electron chi connectivity index (χ1n) is 7.19. The number of carboxylic acids is 1. The van der Waals surface area contributed by atoms with E-state index in [0.717, 1.165) is 13.0 Å². The van der Waals surface area contributed by atoms with Gasteiger partial charge in [0, 0.05) is 18.6 Å². The van der Waals surface area contributed by atoms with E-state index in [9.17, 15) is 9.90 Å². The standard InChI is InChI=1S/C15H19ClN2O2/c16-10-4-3-5-12(14(10)15(19)20)17-11-7-9-18-8-2-1-6-13(11)18/h3-5,11,13,17H,1-2,6-9H2,(H,19,20). The highest BCUT2D eigenvalue weighted by Gasteiger charge is 2.35. The molecular formula is C15H19ClN2O2. The van der Waals surface area contributed by atoms with Gasteiger partial charge in [-0.25, -0.2) is 4.79 Å². The first kappa shape index (κ1) is 13.7. The van der Waals surface area contributed by atoms with E-state index in [-0.39, 0.29) is 5.56 Å². The van der Waals surface area contributed by atoms with Gasteiger partial charge in [0.2, 0.25) is 0 Å². The van der Waals surface area contributed by atoms with Crippen LogP contribution in [0.4, 0.5) is 5.69 Å². The van der Waals surface area contributed by atoms with Crippen LogP contribution in [0.2, 0.25) is 5.02 Å². The van der Waals surface area contributed by atoms with Crippen LogP contribution in [0.3, 0.4) is 0 Å². The fourth-order valence-corrected chi connectivity index (χ4v) is 3.73. The summed E-state index contributed by atoms with van der Waals surface area (Å²) in [5.41, 5.74) is 0.825. The van der Waals surface area contributed by atoms with Crippen LogP contribution in [0, 0.1) is 0 Å². The number of aromatic carboxylic acids is 1. The molecule has 0 aliphatic carbocycles. The number of carbonyl (C=O) groups is 1. The summed E-state index contributed by atoms with van der Waals surface area (Å²) < 4.78 is 0. The molecule has 2 N–H and O–H groups in total. The Labute approximate surface area is 123 Å². The van der Waals surface area contributed by atoms with Gasteiger partial charge in [0.05, 0.1) is 10.7 Å². The van der Waals surface area contributed by atoms with Gasteiger partial charge in [0.25, 0.3) is 0 Å². The minimum atomic E-state index is -0.975. The van der Waals surface area contributed by atoms with Gasteiger partial charge in [-0.2, -0.15) is 0 Å². The molecule has 0 amide bonds. The summed E-state index contributed by atoms with van der Waals surface area (Å²) in [5.74, 6) is -0.975. The fourth-order valence-electron chi connectivity index (χ4n) is 3.48. The maximum absolute atomic E-state index is 11.4. The average Bonchev–Trinajstić information content (AvgIpc) is 2.82. The van der Waals surface area contributed by atoms with Crippen LogP contribution in [-0.2, 0) is 0 Å². The van der Waals surface area contributed by atoms with Gasteiger partial charge >= 0.3 is 5.97 Å². The minimum Gasteiger partial charge on any atom is -0.478 e. The molecule has 2 saturated heterocycles. The molecule has 1 aromatic rings. The normalized spacial score (nSPS) is 26.2. The fraction of sp³-hybridized carbons (Fsp3) is 0.533. The van der Waals surface area contributed by atoms with Crippen molar-refractivity contribution >= 4 is 23.3 Å². The summed E-state index contributed by atoms with van der Waals surface area (Å²) in [6.07, 6.45) is 4.80. The molecular weight excluding hydrogens is 276 g/mol. The third-order valence-corrected chi connectivity index (χ3v) is 4.74. The zero-order valence-corrected chi connectivity index (χ0v) is 12.1. The zero-order chi connectivity index (χ0) is 14.1. The van der Waals surface area contributed by atoms with Crippen molar-refractivity contribution in [2.24, 2.45) is 0 Å². The van der Waals surface area contributed by atoms with E-state index in [0.29, 0.717) is 22.8 Å². The number of piperidine rings is 1. The number of anilines is 1. The molecule has 0 spiro atoms. The predicted molar refractivity (Wildman–Crippen MR) is 79.7 cm³/mol. The molecule has 2 fully saturated rings. The Hall–Kier alpha value is -1.26. The Morgan fingerprint density at radius 2 is 2.15 bits per heavy atom. The van der Waals surface area contributed by atoms with Crippen molar-refractivity contribution in [1.82, 2.24) is 4.90 Å². The molecule has 2 unspecified atom stereocenters. The number of rotatable bonds is 3. The van der Waals surface area contributed by atoms with Crippen LogP contribution in [-0.4, -0.2) is 41.1 Å². The predicted octanol–water partition coefficient (Wildman–Crippen LogP) is 3.08. The van der Waals surface area contributed by atoms with Crippen LogP contribution in [0.15, 0.2) is 18.2 Å². The third-order valence-electron chi connectivity index (χ3n) is 4.42. The lowest BCUT2D eigenvalue weighted by atomic mass is 9.98. The minimum absolute atomic E-state index is 0.184. The highest BCUT2D eigenvalue weighted by Crippen LogP contribution is 2.31. The van der Waals surface area contributed by atoms with E-state index in [4.69, 9.17) is 11.6 Å². The molecule has 5 heteroatoms. The molecule has 1 aromatic carbocycles. The van der Waals surface area contributed by atoms with Crippen molar-refractivity contribution < 1.29 is 9.90 Å². The smallest absolute Gasteiger partial charge is 0.339 e. The van der Waals surface area contributed by atoms with Gasteiger partial charge in [0.1, 0.15) is 5.56 Å². The first-order chi connectivity index (χ1) is 9.66. The second kappa shape index (κ2) is 5.62. The number of hydrogen-bond donors (Lipinski definition) is 2. The molecule has 2 atom stereocenters. The average molecular weight is 295 g/mol. The van der Waals surface area contributed by atoms with Crippen LogP contribution in [0.1, 0.15) is 36.0 Å². The van der Waals surface area contributed by atoms with Crippen LogP contribution < -0.4 is 5.32 Å². The summed E-state index contributed by atoms with van der Waals surface area (Å²) in [6.45, 7) is 2.27. The van der Waals surface area contributed by atoms with Crippen molar-refractivity contribution in [3.05, 3.63) is 28.8 Å². The monoisotopic (exact) mass is 294 g/mol. The van der Waals surface area contributed by atoms with Gasteiger partial charge in [-0.15, -0.1) is 0 Å². The Balaban J connectivity index is 1.81. The summed E-state index contributed by atoms with van der Waals surface area (Å²) >= 11 is 6.02. The van der Waals surface area contributed by atoms with Gasteiger partial charge < -0.3 is 10.4 Å². The third kappa shape index (κ3) is 2.50. The van der Waals surface area contributed by atoms with Gasteiger partial charge in [-0.3, -0.25) is 4.90 Å². The van der Waals surface area contributed by atoms with Crippen molar-refractivity contribution in [2.45, 2.75) is 37.8 Å². The number of carboxylic acid groups (broad SMARTS) is 1. The van der Waals surface area contributed by atoms with E-state index in [2.05, 4.69) is 10.2 Å². The second-order valence-electron chi connectivity index (χ2n) is 5.61. The zero-order valence-electron chi connectivity index (χ0n) is 11.3. The molecule has 2 aliphatic rings. The molecule has 0 aromatic heterocycles. The van der Waals surface area contributed by atoms with Crippen molar-refractivity contribution in [2.75, 3.05) is 18.4 Å². The topological polar surface area (TPSA) is 52.6 Å². The summed E-state index contributed by atoms with van der Waals surface area (Å²) in [6, 6.07) is 6.08. The number of fused-ring (bicyclic) bond motifs is 1. The van der Waals surface area contributed by atoms with E-state index >= 15 is 0 Å². The molecule has 2 heterocycles. The van der Waals surface area contributed by atoms with Gasteiger partial charge in [-0.05, 0) is 37.9 Å². The molecule has 0 radical (unpaired) electrons. The highest BCUT2D eigenvalue weighted by molar-refractivity contribution is 6.34. The Kier molecular flexibility index (Phi) is 3.85. The van der Waals surface area contributed by atoms with Crippen LogP contribution in [0.5, 0.6) is 0 Å². The van der Waals surface area contributed by atoms with Crippen molar-refractivity contribution in [1.29, 1.82) is 0 Å². The highest BCUT2D eigenvalue weighted by atomic mass is 35.5. The molecule has 4 nitrogen and oxygen atoms in total. The maximum Gasteiger partial charge on any atom is 0.339 e. The second-order valence-corrected chi connectivity index (χ2v) is 6.01. The van der Waals surface area contributed by atoms with Crippen LogP contribution in [0.25, 0.3) is 0 Å². The lowest BCUT2D eigenvalue weighted by Crippen LogP contribution is -2.41. The molecule has 20 heavy (non-hydrogen) atoms. The number of benzene rings is 1. The number of nitrogens with one attached hydrogen (secondary N) is 1. The van der Waals surface area contributed by atoms with E-state index in [1.165, 1.54) is 25.8 Å². The van der Waals surface area contributed by atoms with E-state index < -0.39 is 5.97 Å². The molecule has 2 aliphatic heterocycles. The van der Waals surface area contributed by atoms with E-state index in [1.54, 1.807) is 18.2 Å². The summed E-state index contributed by atoms with van der Waals surface area (Å²) in [7, 11) is 0. The quantitative estimate of drug-likeness (QED) is 0.899. The summed E-state index contributed by atoms with van der Waals surface area (Å²) in [4.78, 5) is 13.9. The Morgan fingerprint density at radius 3 is 2.95 bits per heavy atom. The molecule has 108 valence electrons. The van der Waals surface area contributed by atoms with Gasteiger partial charge in [-0.1, -0.05) is 24.1 Å². The molecule has 0 saturated carbocycles.